The van der Waals surface area contributed by atoms with Gasteiger partial charge < -0.3 is 4.90 Å². The summed E-state index contributed by atoms with van der Waals surface area (Å²) in [5.74, 6) is -0.998. The summed E-state index contributed by atoms with van der Waals surface area (Å²) in [7, 11) is 0. The highest BCUT2D eigenvalue weighted by atomic mass is 16.2. The number of benzene rings is 1. The van der Waals surface area contributed by atoms with Crippen molar-refractivity contribution in [1.82, 2.24) is 10.2 Å². The zero-order chi connectivity index (χ0) is 14.7. The minimum Gasteiger partial charge on any atom is -0.321 e. The van der Waals surface area contributed by atoms with Gasteiger partial charge in [-0.25, -0.2) is 0 Å². The predicted octanol–water partition coefficient (Wildman–Crippen LogP) is 0.801. The second-order valence-corrected chi connectivity index (χ2v) is 5.02. The molecule has 0 aliphatic carbocycles. The highest BCUT2D eigenvalue weighted by molar-refractivity contribution is 6.04. The van der Waals surface area contributed by atoms with Crippen molar-refractivity contribution in [2.45, 2.75) is 32.7 Å². The lowest BCUT2D eigenvalue weighted by molar-refractivity contribution is -0.149. The van der Waals surface area contributed by atoms with Gasteiger partial charge in [-0.2, -0.15) is 0 Å². The van der Waals surface area contributed by atoms with Crippen LogP contribution in [-0.2, 0) is 20.8 Å². The van der Waals surface area contributed by atoms with E-state index in [0.29, 0.717) is 6.42 Å². The van der Waals surface area contributed by atoms with Gasteiger partial charge in [-0.1, -0.05) is 36.8 Å². The van der Waals surface area contributed by atoms with E-state index < -0.39 is 11.9 Å². The Morgan fingerprint density at radius 1 is 1.30 bits per heavy atom. The Morgan fingerprint density at radius 3 is 2.55 bits per heavy atom. The summed E-state index contributed by atoms with van der Waals surface area (Å²) >= 11 is 0. The van der Waals surface area contributed by atoms with Gasteiger partial charge in [0.25, 0.3) is 0 Å². The van der Waals surface area contributed by atoms with Crippen molar-refractivity contribution in [2.24, 2.45) is 0 Å². The normalized spacial score (nSPS) is 18.9. The van der Waals surface area contributed by atoms with Crippen LogP contribution in [0, 0.1) is 6.92 Å². The highest BCUT2D eigenvalue weighted by Gasteiger charge is 2.35. The average Bonchev–Trinajstić information content (AvgIpc) is 2.40. The maximum atomic E-state index is 12.3. The van der Waals surface area contributed by atoms with E-state index in [1.807, 2.05) is 38.1 Å². The van der Waals surface area contributed by atoms with Gasteiger partial charge in [0.2, 0.25) is 17.7 Å². The number of piperazine rings is 1. The summed E-state index contributed by atoms with van der Waals surface area (Å²) in [6.45, 7) is 3.76. The van der Waals surface area contributed by atoms with Crippen molar-refractivity contribution in [2.75, 3.05) is 6.54 Å². The summed E-state index contributed by atoms with van der Waals surface area (Å²) in [5.41, 5.74) is 2.01. The maximum Gasteiger partial charge on any atom is 0.249 e. The molecule has 3 amide bonds. The molecule has 0 spiro atoms. The van der Waals surface area contributed by atoms with E-state index >= 15 is 0 Å². The molecule has 1 N–H and O–H groups in total. The van der Waals surface area contributed by atoms with Crippen LogP contribution in [0.3, 0.4) is 0 Å². The minimum absolute atomic E-state index is 0.0467. The molecule has 5 nitrogen and oxygen atoms in total. The lowest BCUT2D eigenvalue weighted by atomic mass is 10.1. The molecule has 0 saturated carbocycles. The molecule has 1 atom stereocenters. The molecule has 1 aromatic carbocycles. The van der Waals surface area contributed by atoms with Crippen LogP contribution in [0.25, 0.3) is 0 Å². The summed E-state index contributed by atoms with van der Waals surface area (Å²) in [6.07, 6.45) is 0.704. The monoisotopic (exact) mass is 274 g/mol. The first-order chi connectivity index (χ1) is 9.51. The molecule has 1 aliphatic heterocycles. The molecule has 1 aromatic rings. The van der Waals surface area contributed by atoms with Crippen LogP contribution >= 0.6 is 0 Å². The smallest absolute Gasteiger partial charge is 0.249 e. The maximum absolute atomic E-state index is 12.3. The number of rotatable bonds is 3. The number of nitrogens with one attached hydrogen (secondary N) is 1. The lowest BCUT2D eigenvalue weighted by Crippen LogP contribution is -2.59. The zero-order valence-electron chi connectivity index (χ0n) is 11.7. The highest BCUT2D eigenvalue weighted by Crippen LogP contribution is 2.12. The number of hydrogen-bond donors (Lipinski definition) is 1. The largest absolute Gasteiger partial charge is 0.321 e. The molecule has 1 unspecified atom stereocenters. The molecule has 2 rings (SSSR count). The molecule has 1 fully saturated rings. The van der Waals surface area contributed by atoms with Crippen molar-refractivity contribution in [3.8, 4) is 0 Å². The number of carbonyl (C=O) groups is 3. The van der Waals surface area contributed by atoms with E-state index in [-0.39, 0.29) is 24.8 Å². The van der Waals surface area contributed by atoms with Crippen LogP contribution in [0.15, 0.2) is 24.3 Å². The van der Waals surface area contributed by atoms with Crippen LogP contribution in [-0.4, -0.2) is 35.2 Å². The second kappa shape index (κ2) is 5.86. The molecule has 106 valence electrons. The molecule has 1 aliphatic rings. The number of carbonyl (C=O) groups excluding carboxylic acids is 3. The van der Waals surface area contributed by atoms with E-state index in [0.717, 1.165) is 11.1 Å². The van der Waals surface area contributed by atoms with Gasteiger partial charge in [-0.05, 0) is 18.9 Å². The van der Waals surface area contributed by atoms with Gasteiger partial charge in [0.15, 0.2) is 0 Å². The van der Waals surface area contributed by atoms with Crippen LogP contribution in [0.5, 0.6) is 0 Å². The molecule has 5 heteroatoms. The van der Waals surface area contributed by atoms with Crippen LogP contribution < -0.4 is 5.32 Å². The van der Waals surface area contributed by atoms with Gasteiger partial charge in [0.05, 0.1) is 6.42 Å². The fourth-order valence-electron chi connectivity index (χ4n) is 2.32. The van der Waals surface area contributed by atoms with Crippen molar-refractivity contribution >= 4 is 17.7 Å². The standard InChI is InChI=1S/C15H18N2O3/c1-3-12-15(20)16-13(18)9-17(12)14(19)8-11-6-4-10(2)5-7-11/h4-7,12H,3,8-9H2,1-2H3,(H,16,18,20). The van der Waals surface area contributed by atoms with Crippen molar-refractivity contribution in [1.29, 1.82) is 0 Å². The first-order valence-electron chi connectivity index (χ1n) is 6.70. The van der Waals surface area contributed by atoms with Gasteiger partial charge in [0.1, 0.15) is 12.6 Å². The van der Waals surface area contributed by atoms with Crippen molar-refractivity contribution in [3.63, 3.8) is 0 Å². The van der Waals surface area contributed by atoms with Gasteiger partial charge in [0, 0.05) is 0 Å². The second-order valence-electron chi connectivity index (χ2n) is 5.02. The topological polar surface area (TPSA) is 66.5 Å². The van der Waals surface area contributed by atoms with E-state index in [2.05, 4.69) is 5.32 Å². The number of imide groups is 1. The van der Waals surface area contributed by atoms with E-state index in [1.54, 1.807) is 0 Å². The van der Waals surface area contributed by atoms with Crippen LogP contribution in [0.4, 0.5) is 0 Å². The SMILES string of the molecule is CCC1C(=O)NC(=O)CN1C(=O)Cc1ccc(C)cc1. The number of amides is 3. The van der Waals surface area contributed by atoms with E-state index in [4.69, 9.17) is 0 Å². The predicted molar refractivity (Wildman–Crippen MR) is 73.8 cm³/mol. The quantitative estimate of drug-likeness (QED) is 0.829. The van der Waals surface area contributed by atoms with Gasteiger partial charge >= 0.3 is 0 Å². The Balaban J connectivity index is 2.11. The minimum atomic E-state index is -0.550. The Morgan fingerprint density at radius 2 is 1.95 bits per heavy atom. The van der Waals surface area contributed by atoms with Crippen LogP contribution in [0.1, 0.15) is 24.5 Å². The van der Waals surface area contributed by atoms with Crippen molar-refractivity contribution < 1.29 is 14.4 Å². The molecule has 1 saturated heterocycles. The molecule has 0 bridgehead atoms. The molecule has 0 radical (unpaired) electrons. The fourth-order valence-corrected chi connectivity index (χ4v) is 2.32. The van der Waals surface area contributed by atoms with Gasteiger partial charge in [-0.3, -0.25) is 19.7 Å². The Hall–Kier alpha value is -2.17. The number of aryl methyl sites for hydroxylation is 1. The Bertz CT molecular complexity index is 537. The Kier molecular flexibility index (Phi) is 4.17. The van der Waals surface area contributed by atoms with Crippen LogP contribution in [0.2, 0.25) is 0 Å². The third kappa shape index (κ3) is 3.04. The number of nitrogens with zero attached hydrogens (tertiary/aromatic N) is 1. The van der Waals surface area contributed by atoms with Gasteiger partial charge in [-0.15, -0.1) is 0 Å². The lowest BCUT2D eigenvalue weighted by Gasteiger charge is -2.33. The molecule has 0 aromatic heterocycles. The molecular formula is C15H18N2O3. The van der Waals surface area contributed by atoms with E-state index in [9.17, 15) is 14.4 Å². The summed E-state index contributed by atoms with van der Waals surface area (Å²) in [4.78, 5) is 36.8. The molecular weight excluding hydrogens is 256 g/mol. The summed E-state index contributed by atoms with van der Waals surface area (Å²) in [6, 6.07) is 7.10. The third-order valence-corrected chi connectivity index (χ3v) is 3.44. The Labute approximate surface area is 118 Å². The summed E-state index contributed by atoms with van der Waals surface area (Å²) < 4.78 is 0. The van der Waals surface area contributed by atoms with Crippen molar-refractivity contribution in [3.05, 3.63) is 35.4 Å². The number of hydrogen-bond acceptors (Lipinski definition) is 3. The average molecular weight is 274 g/mol. The molecule has 20 heavy (non-hydrogen) atoms. The fraction of sp³-hybridized carbons (Fsp3) is 0.400. The zero-order valence-corrected chi connectivity index (χ0v) is 11.7. The third-order valence-electron chi connectivity index (χ3n) is 3.44. The summed E-state index contributed by atoms with van der Waals surface area (Å²) in [5, 5.41) is 2.26. The first kappa shape index (κ1) is 14.2. The van der Waals surface area contributed by atoms with E-state index in [1.165, 1.54) is 4.90 Å². The molecule has 1 heterocycles. The first-order valence-corrected chi connectivity index (χ1v) is 6.70.